The van der Waals surface area contributed by atoms with Gasteiger partial charge in [0.1, 0.15) is 0 Å². The van der Waals surface area contributed by atoms with Gasteiger partial charge in [-0.05, 0) is 45.8 Å². The Kier molecular flexibility index (Phi) is 5.58. The highest BCUT2D eigenvalue weighted by Gasteiger charge is 2.20. The first-order valence-electron chi connectivity index (χ1n) is 9.16. The lowest BCUT2D eigenvalue weighted by Crippen LogP contribution is -2.15. The van der Waals surface area contributed by atoms with Crippen molar-refractivity contribution in [1.29, 1.82) is 0 Å². The van der Waals surface area contributed by atoms with Crippen molar-refractivity contribution in [2.45, 2.75) is 12.5 Å². The van der Waals surface area contributed by atoms with Crippen LogP contribution in [0.2, 0.25) is 0 Å². The lowest BCUT2D eigenvalue weighted by Gasteiger charge is -2.18. The van der Waals surface area contributed by atoms with Crippen LogP contribution in [0.3, 0.4) is 0 Å². The molecule has 1 amide bonds. The summed E-state index contributed by atoms with van der Waals surface area (Å²) in [5.74, 6) is -1.20. The second-order valence-corrected chi connectivity index (χ2v) is 7.64. The largest absolute Gasteiger partial charge is 0.481 e. The van der Waals surface area contributed by atoms with Gasteiger partial charge in [0.2, 0.25) is 0 Å². The van der Waals surface area contributed by atoms with E-state index in [2.05, 4.69) is 31.2 Å². The fourth-order valence-electron chi connectivity index (χ4n) is 3.31. The van der Waals surface area contributed by atoms with Gasteiger partial charge in [0.05, 0.1) is 35.4 Å². The molecule has 2 aromatic heterocycles. The summed E-state index contributed by atoms with van der Waals surface area (Å²) in [5, 5.41) is 12.3. The average molecular weight is 465 g/mol. The number of benzene rings is 2. The number of hydrogen-bond donors (Lipinski definition) is 2. The zero-order valence-corrected chi connectivity index (χ0v) is 17.3. The summed E-state index contributed by atoms with van der Waals surface area (Å²) in [7, 11) is 0. The van der Waals surface area contributed by atoms with Crippen LogP contribution in [0.15, 0.2) is 77.8 Å². The van der Waals surface area contributed by atoms with Crippen molar-refractivity contribution >= 4 is 44.5 Å². The molecule has 0 spiro atoms. The zero-order chi connectivity index (χ0) is 21.1. The van der Waals surface area contributed by atoms with E-state index >= 15 is 0 Å². The first-order valence-corrected chi connectivity index (χ1v) is 9.96. The third kappa shape index (κ3) is 4.23. The highest BCUT2D eigenvalue weighted by molar-refractivity contribution is 9.10. The Balaban J connectivity index is 1.70. The molecule has 0 radical (unpaired) electrons. The smallest absolute Gasteiger partial charge is 0.305 e. The summed E-state index contributed by atoms with van der Waals surface area (Å²) >= 11 is 3.31. The summed E-state index contributed by atoms with van der Waals surface area (Å²) < 4.78 is 2.54. The number of amides is 1. The Morgan fingerprint density at radius 2 is 1.90 bits per heavy atom. The minimum absolute atomic E-state index is 0.0875. The van der Waals surface area contributed by atoms with E-state index in [-0.39, 0.29) is 12.3 Å². The fourth-order valence-corrected chi connectivity index (χ4v) is 3.67. The molecule has 0 aliphatic heterocycles. The molecule has 0 bridgehead atoms. The normalized spacial score (nSPS) is 11.9. The minimum Gasteiger partial charge on any atom is -0.481 e. The molecule has 8 heteroatoms. The van der Waals surface area contributed by atoms with Crippen LogP contribution in [-0.2, 0) is 4.79 Å². The van der Waals surface area contributed by atoms with Crippen molar-refractivity contribution in [3.8, 4) is 0 Å². The lowest BCUT2D eigenvalue weighted by molar-refractivity contribution is -0.137. The van der Waals surface area contributed by atoms with Crippen molar-refractivity contribution in [2.75, 3.05) is 5.32 Å². The first kappa shape index (κ1) is 19.8. The van der Waals surface area contributed by atoms with Crippen LogP contribution in [0.25, 0.3) is 11.0 Å². The Bertz CT molecular complexity index is 1220. The molecule has 2 heterocycles. The van der Waals surface area contributed by atoms with Crippen molar-refractivity contribution in [3.63, 3.8) is 0 Å². The molecular weight excluding hydrogens is 448 g/mol. The number of aliphatic carboxylic acids is 1. The number of carboxylic acids is 1. The number of anilines is 1. The molecular formula is C22H17BrN4O3. The Labute approximate surface area is 180 Å². The van der Waals surface area contributed by atoms with E-state index in [1.165, 1.54) is 6.20 Å². The van der Waals surface area contributed by atoms with Crippen molar-refractivity contribution < 1.29 is 14.7 Å². The number of imidazole rings is 1. The van der Waals surface area contributed by atoms with Crippen LogP contribution in [0, 0.1) is 0 Å². The molecule has 1 atom stereocenters. The molecule has 0 aliphatic carbocycles. The molecule has 150 valence electrons. The Morgan fingerprint density at radius 1 is 1.10 bits per heavy atom. The topological polar surface area (TPSA) is 97.1 Å². The Morgan fingerprint density at radius 3 is 2.63 bits per heavy atom. The zero-order valence-electron chi connectivity index (χ0n) is 15.7. The fraction of sp³-hybridized carbons (Fsp3) is 0.0909. The molecule has 0 saturated heterocycles. The van der Waals surface area contributed by atoms with Crippen molar-refractivity contribution in [2.24, 2.45) is 0 Å². The molecule has 2 aromatic carbocycles. The number of hydrogen-bond acceptors (Lipinski definition) is 4. The van der Waals surface area contributed by atoms with Gasteiger partial charge in [-0.3, -0.25) is 14.6 Å². The van der Waals surface area contributed by atoms with Gasteiger partial charge in [-0.15, -0.1) is 0 Å². The number of carbonyl (C=O) groups is 2. The van der Waals surface area contributed by atoms with E-state index in [0.29, 0.717) is 21.2 Å². The quantitative estimate of drug-likeness (QED) is 0.437. The van der Waals surface area contributed by atoms with Gasteiger partial charge in [-0.1, -0.05) is 30.3 Å². The summed E-state index contributed by atoms with van der Waals surface area (Å²) in [6, 6.07) is 16.0. The van der Waals surface area contributed by atoms with Crippen LogP contribution >= 0.6 is 15.9 Å². The standard InChI is InChI=1S/C22H17BrN4O3/c23-16-8-15(11-24-12-16)22(30)26-17-6-7-18-20(9-17)27(13-25-18)19(10-21(28)29)14-4-2-1-3-5-14/h1-9,11-13,19H,10H2,(H,26,30)(H,28,29). The predicted molar refractivity (Wildman–Crippen MR) is 116 cm³/mol. The number of carboxylic acid groups (broad SMARTS) is 1. The number of aromatic nitrogens is 3. The van der Waals surface area contributed by atoms with Gasteiger partial charge in [0, 0.05) is 22.6 Å². The minimum atomic E-state index is -0.905. The first-order chi connectivity index (χ1) is 14.5. The molecule has 4 rings (SSSR count). The monoisotopic (exact) mass is 464 g/mol. The summed E-state index contributed by atoms with van der Waals surface area (Å²) in [5.41, 5.74) is 3.31. The van der Waals surface area contributed by atoms with Crippen LogP contribution in [0.1, 0.15) is 28.4 Å². The number of rotatable bonds is 6. The van der Waals surface area contributed by atoms with Gasteiger partial charge in [0.25, 0.3) is 5.91 Å². The predicted octanol–water partition coefficient (Wildman–Crippen LogP) is 4.51. The molecule has 0 fully saturated rings. The molecule has 0 aliphatic rings. The summed E-state index contributed by atoms with van der Waals surface area (Å²) in [6.07, 6.45) is 4.64. The van der Waals surface area contributed by atoms with E-state index in [1.807, 2.05) is 34.9 Å². The molecule has 2 N–H and O–H groups in total. The highest BCUT2D eigenvalue weighted by Crippen LogP contribution is 2.28. The number of carbonyl (C=O) groups excluding carboxylic acids is 1. The molecule has 30 heavy (non-hydrogen) atoms. The number of nitrogens with zero attached hydrogens (tertiary/aromatic N) is 3. The summed E-state index contributed by atoms with van der Waals surface area (Å²) in [6.45, 7) is 0. The van der Waals surface area contributed by atoms with Gasteiger partial charge >= 0.3 is 5.97 Å². The molecule has 1 unspecified atom stereocenters. The van der Waals surface area contributed by atoms with E-state index in [4.69, 9.17) is 0 Å². The maximum atomic E-state index is 12.6. The van der Waals surface area contributed by atoms with Gasteiger partial charge in [-0.25, -0.2) is 4.98 Å². The molecule has 7 nitrogen and oxygen atoms in total. The number of nitrogens with one attached hydrogen (secondary N) is 1. The van der Waals surface area contributed by atoms with Crippen molar-refractivity contribution in [3.05, 3.63) is 88.9 Å². The van der Waals surface area contributed by atoms with Gasteiger partial charge in [0.15, 0.2) is 0 Å². The van der Waals surface area contributed by atoms with Gasteiger partial charge < -0.3 is 15.0 Å². The SMILES string of the molecule is O=C(O)CC(c1ccccc1)n1cnc2ccc(NC(=O)c3cncc(Br)c3)cc21. The van der Waals surface area contributed by atoms with Crippen LogP contribution in [0.5, 0.6) is 0 Å². The highest BCUT2D eigenvalue weighted by atomic mass is 79.9. The summed E-state index contributed by atoms with van der Waals surface area (Å²) in [4.78, 5) is 32.5. The van der Waals surface area contributed by atoms with E-state index in [9.17, 15) is 14.7 Å². The van der Waals surface area contributed by atoms with Crippen LogP contribution in [0.4, 0.5) is 5.69 Å². The average Bonchev–Trinajstić information content (AvgIpc) is 3.15. The number of pyridine rings is 1. The second kappa shape index (κ2) is 8.46. The third-order valence-corrected chi connectivity index (χ3v) is 5.12. The van der Waals surface area contributed by atoms with E-state index < -0.39 is 12.0 Å². The second-order valence-electron chi connectivity index (χ2n) is 6.73. The maximum Gasteiger partial charge on any atom is 0.305 e. The molecule has 0 saturated carbocycles. The maximum absolute atomic E-state index is 12.6. The van der Waals surface area contributed by atoms with Crippen LogP contribution in [-0.4, -0.2) is 31.5 Å². The van der Waals surface area contributed by atoms with Crippen molar-refractivity contribution in [1.82, 2.24) is 14.5 Å². The van der Waals surface area contributed by atoms with Gasteiger partial charge in [-0.2, -0.15) is 0 Å². The number of halogens is 1. The van der Waals surface area contributed by atoms with Crippen LogP contribution < -0.4 is 5.32 Å². The third-order valence-electron chi connectivity index (χ3n) is 4.69. The Hall–Kier alpha value is -3.52. The van der Waals surface area contributed by atoms with E-state index in [0.717, 1.165) is 11.1 Å². The molecule has 4 aromatic rings. The van der Waals surface area contributed by atoms with E-state index in [1.54, 1.807) is 36.8 Å². The number of fused-ring (bicyclic) bond motifs is 1. The lowest BCUT2D eigenvalue weighted by atomic mass is 10.0.